The Morgan fingerprint density at radius 1 is 1.31 bits per heavy atom. The molecule has 0 radical (unpaired) electrons. The predicted molar refractivity (Wildman–Crippen MR) is 53.3 cm³/mol. The number of hydrogen-bond donors (Lipinski definition) is 1. The molecule has 16 heavy (non-hydrogen) atoms. The zero-order chi connectivity index (χ0) is 11.7. The molecule has 1 atom stereocenters. The van der Waals surface area contributed by atoms with Gasteiger partial charge in [0.15, 0.2) is 0 Å². The molecule has 6 heteroatoms. The largest absolute Gasteiger partial charge is 0.465 e. The van der Waals surface area contributed by atoms with Crippen molar-refractivity contribution < 1.29 is 19.2 Å². The summed E-state index contributed by atoms with van der Waals surface area (Å²) < 4.78 is 13.7. The van der Waals surface area contributed by atoms with Gasteiger partial charge in [0.1, 0.15) is 0 Å². The van der Waals surface area contributed by atoms with E-state index in [0.29, 0.717) is 13.0 Å². The summed E-state index contributed by atoms with van der Waals surface area (Å²) >= 11 is 0. The SMILES string of the molecule is O=C(O)N1CC[C@H](N(F)C(=O)C2CCC2)C1. The molecule has 2 amide bonds. The van der Waals surface area contributed by atoms with Crippen LogP contribution in [0.5, 0.6) is 0 Å². The maximum Gasteiger partial charge on any atom is 0.407 e. The minimum atomic E-state index is -1.05. The number of rotatable bonds is 2. The molecule has 2 fully saturated rings. The highest BCUT2D eigenvalue weighted by molar-refractivity contribution is 5.79. The zero-order valence-corrected chi connectivity index (χ0v) is 8.93. The van der Waals surface area contributed by atoms with E-state index in [-0.39, 0.29) is 17.6 Å². The summed E-state index contributed by atoms with van der Waals surface area (Å²) in [6.07, 6.45) is 1.84. The fraction of sp³-hybridized carbons (Fsp3) is 0.800. The van der Waals surface area contributed by atoms with Crippen LogP contribution < -0.4 is 0 Å². The Balaban J connectivity index is 1.88. The Kier molecular flexibility index (Phi) is 2.98. The molecule has 0 aromatic heterocycles. The third-order valence-electron chi connectivity index (χ3n) is 3.42. The van der Waals surface area contributed by atoms with Gasteiger partial charge in [-0.15, -0.1) is 0 Å². The van der Waals surface area contributed by atoms with E-state index in [1.165, 1.54) is 0 Å². The van der Waals surface area contributed by atoms with Crippen molar-refractivity contribution in [3.05, 3.63) is 0 Å². The average molecular weight is 230 g/mol. The summed E-state index contributed by atoms with van der Waals surface area (Å²) in [6, 6.07) is -0.593. The fourth-order valence-corrected chi connectivity index (χ4v) is 2.11. The van der Waals surface area contributed by atoms with Crippen LogP contribution in [0.1, 0.15) is 25.7 Å². The third-order valence-corrected chi connectivity index (χ3v) is 3.42. The van der Waals surface area contributed by atoms with Gasteiger partial charge in [-0.1, -0.05) is 10.9 Å². The number of likely N-dealkylation sites (tertiary alicyclic amines) is 1. The molecule has 1 heterocycles. The minimum absolute atomic E-state index is 0.0876. The molecule has 1 saturated carbocycles. The maximum absolute atomic E-state index is 13.7. The van der Waals surface area contributed by atoms with E-state index in [4.69, 9.17) is 5.11 Å². The average Bonchev–Trinajstić information content (AvgIpc) is 2.62. The van der Waals surface area contributed by atoms with Gasteiger partial charge in [0.2, 0.25) is 0 Å². The second kappa shape index (κ2) is 4.27. The Hall–Kier alpha value is -1.33. The second-order valence-electron chi connectivity index (χ2n) is 4.45. The second-order valence-corrected chi connectivity index (χ2v) is 4.45. The quantitative estimate of drug-likeness (QED) is 0.726. The molecule has 1 aliphatic heterocycles. The van der Waals surface area contributed by atoms with Crippen LogP contribution in [0, 0.1) is 5.92 Å². The third kappa shape index (κ3) is 1.96. The van der Waals surface area contributed by atoms with Gasteiger partial charge in [-0.25, -0.2) is 4.79 Å². The first kappa shape index (κ1) is 11.2. The molecule has 1 aliphatic carbocycles. The highest BCUT2D eigenvalue weighted by Gasteiger charge is 2.37. The molecule has 0 bridgehead atoms. The van der Waals surface area contributed by atoms with Gasteiger partial charge in [-0.05, 0) is 19.3 Å². The Labute approximate surface area is 92.7 Å². The monoisotopic (exact) mass is 230 g/mol. The number of halogens is 1. The molecular formula is C10H15FN2O3. The number of nitrogens with zero attached hydrogens (tertiary/aromatic N) is 2. The van der Waals surface area contributed by atoms with Gasteiger partial charge in [0, 0.05) is 19.0 Å². The molecule has 0 spiro atoms. The number of carbonyl (C=O) groups excluding carboxylic acids is 1. The first-order valence-corrected chi connectivity index (χ1v) is 5.56. The lowest BCUT2D eigenvalue weighted by Gasteiger charge is -2.29. The lowest BCUT2D eigenvalue weighted by Crippen LogP contribution is -2.41. The molecule has 5 nitrogen and oxygen atoms in total. The van der Waals surface area contributed by atoms with Gasteiger partial charge in [0.25, 0.3) is 5.91 Å². The molecular weight excluding hydrogens is 215 g/mol. The van der Waals surface area contributed by atoms with Gasteiger partial charge in [-0.2, -0.15) is 5.12 Å². The molecule has 1 N–H and O–H groups in total. The van der Waals surface area contributed by atoms with E-state index in [0.717, 1.165) is 24.2 Å². The standard InChI is InChI=1S/C10H15FN2O3/c11-13(9(14)7-2-1-3-7)8-4-5-12(6-8)10(15)16/h7-8H,1-6H2,(H,15,16)/t8-/m0/s1. The van der Waals surface area contributed by atoms with Crippen LogP contribution in [-0.4, -0.2) is 46.3 Å². The highest BCUT2D eigenvalue weighted by Crippen LogP contribution is 2.30. The molecule has 90 valence electrons. The van der Waals surface area contributed by atoms with Crippen molar-refractivity contribution in [1.29, 1.82) is 0 Å². The van der Waals surface area contributed by atoms with Crippen molar-refractivity contribution in [1.82, 2.24) is 10.0 Å². The van der Waals surface area contributed by atoms with E-state index in [1.54, 1.807) is 0 Å². The first-order chi connectivity index (χ1) is 7.59. The van der Waals surface area contributed by atoms with Crippen LogP contribution in [0.15, 0.2) is 0 Å². The number of hydrogen-bond acceptors (Lipinski definition) is 2. The lowest BCUT2D eigenvalue weighted by molar-refractivity contribution is -0.159. The normalized spacial score (nSPS) is 25.3. The zero-order valence-electron chi connectivity index (χ0n) is 8.93. The summed E-state index contributed by atoms with van der Waals surface area (Å²) in [7, 11) is 0. The predicted octanol–water partition coefficient (Wildman–Crippen LogP) is 1.25. The molecule has 2 aliphatic rings. The number of carboxylic acid groups (broad SMARTS) is 1. The van der Waals surface area contributed by atoms with Crippen LogP contribution in [0.25, 0.3) is 0 Å². The summed E-state index contributed by atoms with van der Waals surface area (Å²) in [6.45, 7) is 0.392. The van der Waals surface area contributed by atoms with E-state index < -0.39 is 18.0 Å². The molecule has 2 rings (SSSR count). The molecule has 1 saturated heterocycles. The van der Waals surface area contributed by atoms with E-state index in [9.17, 15) is 14.1 Å². The first-order valence-electron chi connectivity index (χ1n) is 5.56. The van der Waals surface area contributed by atoms with Crippen LogP contribution in [0.3, 0.4) is 0 Å². The summed E-state index contributed by atoms with van der Waals surface area (Å²) in [5.41, 5.74) is 0. The van der Waals surface area contributed by atoms with Gasteiger partial charge in [-0.3, -0.25) is 4.79 Å². The van der Waals surface area contributed by atoms with Gasteiger partial charge < -0.3 is 10.0 Å². The fourth-order valence-electron chi connectivity index (χ4n) is 2.11. The van der Waals surface area contributed by atoms with Crippen molar-refractivity contribution in [2.45, 2.75) is 31.7 Å². The van der Waals surface area contributed by atoms with Crippen LogP contribution in [-0.2, 0) is 4.79 Å². The van der Waals surface area contributed by atoms with Gasteiger partial charge >= 0.3 is 6.09 Å². The topological polar surface area (TPSA) is 60.9 Å². The summed E-state index contributed by atoms with van der Waals surface area (Å²) in [5, 5.41) is 8.97. The van der Waals surface area contributed by atoms with Crippen LogP contribution in [0.4, 0.5) is 9.28 Å². The van der Waals surface area contributed by atoms with Gasteiger partial charge in [0.05, 0.1) is 6.04 Å². The smallest absolute Gasteiger partial charge is 0.407 e. The Morgan fingerprint density at radius 2 is 2.00 bits per heavy atom. The minimum Gasteiger partial charge on any atom is -0.465 e. The van der Waals surface area contributed by atoms with E-state index >= 15 is 0 Å². The Bertz CT molecular complexity index is 306. The van der Waals surface area contributed by atoms with Crippen molar-refractivity contribution in [2.24, 2.45) is 5.92 Å². The number of amides is 2. The lowest BCUT2D eigenvalue weighted by atomic mass is 9.84. The molecule has 0 unspecified atom stereocenters. The van der Waals surface area contributed by atoms with E-state index in [1.807, 2.05) is 0 Å². The van der Waals surface area contributed by atoms with Crippen LogP contribution >= 0.6 is 0 Å². The van der Waals surface area contributed by atoms with Crippen molar-refractivity contribution in [3.8, 4) is 0 Å². The van der Waals surface area contributed by atoms with Crippen LogP contribution in [0.2, 0.25) is 0 Å². The van der Waals surface area contributed by atoms with Crippen molar-refractivity contribution in [2.75, 3.05) is 13.1 Å². The summed E-state index contributed by atoms with van der Waals surface area (Å²) in [4.78, 5) is 23.4. The Morgan fingerprint density at radius 3 is 2.44 bits per heavy atom. The highest BCUT2D eigenvalue weighted by atomic mass is 19.2. The maximum atomic E-state index is 13.7. The van der Waals surface area contributed by atoms with E-state index in [2.05, 4.69) is 0 Å². The van der Waals surface area contributed by atoms with Crippen molar-refractivity contribution >= 4 is 12.0 Å². The molecule has 0 aromatic rings. The summed E-state index contributed by atoms with van der Waals surface area (Å²) in [5.74, 6) is -0.646. The van der Waals surface area contributed by atoms with Crippen molar-refractivity contribution in [3.63, 3.8) is 0 Å². The number of carbonyl (C=O) groups is 2. The molecule has 0 aromatic carbocycles.